The second kappa shape index (κ2) is 12.4. The van der Waals surface area contributed by atoms with Crippen LogP contribution in [0.4, 0.5) is 0 Å². The summed E-state index contributed by atoms with van der Waals surface area (Å²) in [5, 5.41) is 5.48. The molecular weight excluding hydrogens is 633 g/mol. The van der Waals surface area contributed by atoms with E-state index >= 15 is 0 Å². The van der Waals surface area contributed by atoms with Crippen LogP contribution < -0.4 is 0 Å². The molecule has 7 aromatic carbocycles. The average molecular weight is 663 g/mol. The zero-order chi connectivity index (χ0) is 34.4. The van der Waals surface area contributed by atoms with E-state index in [4.69, 9.17) is 19.9 Å². The van der Waals surface area contributed by atoms with Crippen LogP contribution >= 0.6 is 0 Å². The van der Waals surface area contributed by atoms with Crippen LogP contribution in [-0.4, -0.2) is 19.9 Å². The normalized spacial score (nSPS) is 11.5. The van der Waals surface area contributed by atoms with Gasteiger partial charge in [-0.3, -0.25) is 0 Å². The largest absolute Gasteiger partial charge is 0.245 e. The Morgan fingerprint density at radius 3 is 1.60 bits per heavy atom. The summed E-state index contributed by atoms with van der Waals surface area (Å²) in [7, 11) is 0. The number of hydrogen-bond acceptors (Lipinski definition) is 4. The topological polar surface area (TPSA) is 51.6 Å². The number of nitrogens with zero attached hydrogens (tertiary/aromatic N) is 4. The van der Waals surface area contributed by atoms with Crippen molar-refractivity contribution in [2.45, 2.75) is 0 Å². The SMILES string of the molecule is c1ccc(-c2ccc3ccc4ccc(-c5ccc(-c6cccc(-c7nc(-c8ccccc8)nc8ccccc78)c6)c6ccccc56)nc4c3n2)cc1. The Bertz CT molecular complexity index is 2960. The highest BCUT2D eigenvalue weighted by Gasteiger charge is 2.15. The molecule has 0 spiro atoms. The molecule has 0 atom stereocenters. The van der Waals surface area contributed by atoms with Gasteiger partial charge in [0.25, 0.3) is 0 Å². The molecule has 4 nitrogen and oxygen atoms in total. The van der Waals surface area contributed by atoms with Crippen LogP contribution in [-0.2, 0) is 0 Å². The Balaban J connectivity index is 1.10. The molecule has 10 aromatic rings. The highest BCUT2D eigenvalue weighted by atomic mass is 14.9. The molecule has 0 aliphatic rings. The lowest BCUT2D eigenvalue weighted by Gasteiger charge is -2.14. The van der Waals surface area contributed by atoms with Gasteiger partial charge in [-0.15, -0.1) is 0 Å². The summed E-state index contributed by atoms with van der Waals surface area (Å²) in [6.07, 6.45) is 0. The standard InChI is InChI=1S/C48H30N4/c1-3-12-31(13-4-1)42-28-24-32-22-23-33-25-29-44(50-47(33)46(32)49-42)40-27-26-37(38-18-7-8-19-39(38)40)35-16-11-17-36(30-35)45-41-20-9-10-21-43(41)51-48(52-45)34-14-5-2-6-15-34/h1-30H. The van der Waals surface area contributed by atoms with Crippen molar-refractivity contribution < 1.29 is 0 Å². The van der Waals surface area contributed by atoms with Crippen LogP contribution in [0.25, 0.3) is 99.8 Å². The zero-order valence-electron chi connectivity index (χ0n) is 28.1. The summed E-state index contributed by atoms with van der Waals surface area (Å²) in [6.45, 7) is 0. The maximum atomic E-state index is 5.30. The quantitative estimate of drug-likeness (QED) is 0.172. The lowest BCUT2D eigenvalue weighted by molar-refractivity contribution is 1.23. The van der Waals surface area contributed by atoms with Gasteiger partial charge in [0, 0.05) is 38.4 Å². The Kier molecular flexibility index (Phi) is 7.10. The predicted octanol–water partition coefficient (Wildman–Crippen LogP) is 12.2. The van der Waals surface area contributed by atoms with Crippen molar-refractivity contribution in [3.8, 4) is 56.3 Å². The Morgan fingerprint density at radius 2 is 0.846 bits per heavy atom. The van der Waals surface area contributed by atoms with Gasteiger partial charge in [0.15, 0.2) is 5.82 Å². The second-order valence-corrected chi connectivity index (χ2v) is 13.0. The van der Waals surface area contributed by atoms with Crippen molar-refractivity contribution in [1.29, 1.82) is 0 Å². The van der Waals surface area contributed by atoms with E-state index in [0.717, 1.165) is 94.4 Å². The maximum Gasteiger partial charge on any atom is 0.160 e. The molecule has 52 heavy (non-hydrogen) atoms. The average Bonchev–Trinajstić information content (AvgIpc) is 3.23. The van der Waals surface area contributed by atoms with Crippen molar-refractivity contribution in [2.75, 3.05) is 0 Å². The van der Waals surface area contributed by atoms with Crippen LogP contribution in [0.15, 0.2) is 182 Å². The first-order valence-corrected chi connectivity index (χ1v) is 17.5. The molecule has 10 rings (SSSR count). The van der Waals surface area contributed by atoms with Gasteiger partial charge < -0.3 is 0 Å². The fraction of sp³-hybridized carbons (Fsp3) is 0. The molecule has 0 aliphatic heterocycles. The van der Waals surface area contributed by atoms with Crippen molar-refractivity contribution in [1.82, 2.24) is 19.9 Å². The van der Waals surface area contributed by atoms with Crippen LogP contribution in [0.1, 0.15) is 0 Å². The summed E-state index contributed by atoms with van der Waals surface area (Å²) in [5.74, 6) is 0.719. The molecule has 0 aliphatic carbocycles. The fourth-order valence-corrected chi connectivity index (χ4v) is 7.31. The number of rotatable bonds is 5. The van der Waals surface area contributed by atoms with E-state index in [0.29, 0.717) is 0 Å². The van der Waals surface area contributed by atoms with Crippen LogP contribution in [0.2, 0.25) is 0 Å². The van der Waals surface area contributed by atoms with E-state index in [2.05, 4.69) is 140 Å². The Hall–Kier alpha value is -7.04. The van der Waals surface area contributed by atoms with Crippen molar-refractivity contribution in [3.05, 3.63) is 182 Å². The van der Waals surface area contributed by atoms with Gasteiger partial charge in [-0.1, -0.05) is 158 Å². The highest BCUT2D eigenvalue weighted by Crippen LogP contribution is 2.38. The first-order valence-electron chi connectivity index (χ1n) is 17.5. The summed E-state index contributed by atoms with van der Waals surface area (Å²) in [5.41, 5.74) is 12.0. The molecule has 3 heterocycles. The molecule has 0 saturated carbocycles. The van der Waals surface area contributed by atoms with Gasteiger partial charge in [0.05, 0.1) is 33.6 Å². The molecule has 0 N–H and O–H groups in total. The lowest BCUT2D eigenvalue weighted by atomic mass is 9.92. The highest BCUT2D eigenvalue weighted by molar-refractivity contribution is 6.08. The van der Waals surface area contributed by atoms with Gasteiger partial charge in [-0.05, 0) is 46.2 Å². The minimum atomic E-state index is 0.719. The number of aromatic nitrogens is 4. The smallest absolute Gasteiger partial charge is 0.160 e. The zero-order valence-corrected chi connectivity index (χ0v) is 28.1. The lowest BCUT2D eigenvalue weighted by Crippen LogP contribution is -1.95. The first-order chi connectivity index (χ1) is 25.8. The molecule has 4 heteroatoms. The first kappa shape index (κ1) is 29.8. The van der Waals surface area contributed by atoms with Crippen molar-refractivity contribution in [2.24, 2.45) is 0 Å². The van der Waals surface area contributed by atoms with Crippen LogP contribution in [0, 0.1) is 0 Å². The van der Waals surface area contributed by atoms with Gasteiger partial charge in [0.2, 0.25) is 0 Å². The monoisotopic (exact) mass is 662 g/mol. The number of para-hydroxylation sites is 1. The Morgan fingerprint density at radius 1 is 0.308 bits per heavy atom. The van der Waals surface area contributed by atoms with E-state index in [1.165, 1.54) is 5.39 Å². The van der Waals surface area contributed by atoms with Gasteiger partial charge in [-0.25, -0.2) is 19.9 Å². The molecule has 3 aromatic heterocycles. The minimum Gasteiger partial charge on any atom is -0.245 e. The number of pyridine rings is 2. The van der Waals surface area contributed by atoms with E-state index in [9.17, 15) is 0 Å². The molecule has 0 saturated heterocycles. The summed E-state index contributed by atoms with van der Waals surface area (Å²) >= 11 is 0. The van der Waals surface area contributed by atoms with E-state index < -0.39 is 0 Å². The van der Waals surface area contributed by atoms with Crippen LogP contribution in [0.3, 0.4) is 0 Å². The van der Waals surface area contributed by atoms with Crippen LogP contribution in [0.5, 0.6) is 0 Å². The van der Waals surface area contributed by atoms with Gasteiger partial charge in [0.1, 0.15) is 0 Å². The second-order valence-electron chi connectivity index (χ2n) is 13.0. The maximum absolute atomic E-state index is 5.30. The third-order valence-corrected chi connectivity index (χ3v) is 9.87. The fourth-order valence-electron chi connectivity index (χ4n) is 7.31. The molecule has 0 radical (unpaired) electrons. The molecular formula is C48H30N4. The van der Waals surface area contributed by atoms with E-state index in [1.807, 2.05) is 42.5 Å². The summed E-state index contributed by atoms with van der Waals surface area (Å²) in [4.78, 5) is 20.5. The molecule has 0 amide bonds. The number of fused-ring (bicyclic) bond motifs is 5. The molecule has 0 unspecified atom stereocenters. The number of benzene rings is 7. The third kappa shape index (κ3) is 5.17. The van der Waals surface area contributed by atoms with Gasteiger partial charge in [-0.2, -0.15) is 0 Å². The van der Waals surface area contributed by atoms with Crippen molar-refractivity contribution in [3.63, 3.8) is 0 Å². The molecule has 0 bridgehead atoms. The number of hydrogen-bond donors (Lipinski definition) is 0. The minimum absolute atomic E-state index is 0.719. The predicted molar refractivity (Wildman–Crippen MR) is 215 cm³/mol. The third-order valence-electron chi connectivity index (χ3n) is 9.87. The van der Waals surface area contributed by atoms with Crippen molar-refractivity contribution >= 4 is 43.5 Å². The van der Waals surface area contributed by atoms with Gasteiger partial charge >= 0.3 is 0 Å². The Labute approximate surface area is 300 Å². The summed E-state index contributed by atoms with van der Waals surface area (Å²) in [6, 6.07) is 63.3. The molecule has 0 fully saturated rings. The van der Waals surface area contributed by atoms with E-state index in [1.54, 1.807) is 0 Å². The summed E-state index contributed by atoms with van der Waals surface area (Å²) < 4.78 is 0. The van der Waals surface area contributed by atoms with E-state index in [-0.39, 0.29) is 0 Å². The molecule has 242 valence electrons.